The normalized spacial score (nSPS) is 17.1. The predicted molar refractivity (Wildman–Crippen MR) is 85.8 cm³/mol. The number of carbonyl (C=O) groups excluding carboxylic acids is 1. The number of rotatable bonds is 6. The van der Waals surface area contributed by atoms with Crippen LogP contribution in [0.5, 0.6) is 11.5 Å². The number of hydrogen-bond acceptors (Lipinski definition) is 5. The predicted octanol–water partition coefficient (Wildman–Crippen LogP) is 2.16. The molecule has 0 N–H and O–H groups in total. The van der Waals surface area contributed by atoms with Crippen LogP contribution in [0.2, 0.25) is 0 Å². The van der Waals surface area contributed by atoms with Gasteiger partial charge in [0.1, 0.15) is 0 Å². The van der Waals surface area contributed by atoms with E-state index in [0.717, 1.165) is 17.5 Å². The molecule has 23 heavy (non-hydrogen) atoms. The van der Waals surface area contributed by atoms with Crippen LogP contribution >= 0.6 is 0 Å². The minimum absolute atomic E-state index is 0.0430. The lowest BCUT2D eigenvalue weighted by molar-refractivity contribution is -0.139. The van der Waals surface area contributed by atoms with E-state index in [1.165, 1.54) is 0 Å². The van der Waals surface area contributed by atoms with Gasteiger partial charge < -0.3 is 23.8 Å². The van der Waals surface area contributed by atoms with Gasteiger partial charge in [-0.25, -0.2) is 0 Å². The van der Waals surface area contributed by atoms with Crippen LogP contribution < -0.4 is 9.47 Å². The summed E-state index contributed by atoms with van der Waals surface area (Å²) in [7, 11) is 6.44. The Morgan fingerprint density at radius 3 is 2.30 bits per heavy atom. The molecule has 0 saturated carbocycles. The van der Waals surface area contributed by atoms with Gasteiger partial charge in [0.15, 0.2) is 17.8 Å². The van der Waals surface area contributed by atoms with Gasteiger partial charge in [0.25, 0.3) is 0 Å². The van der Waals surface area contributed by atoms with Crippen molar-refractivity contribution < 1.29 is 23.7 Å². The average Bonchev–Trinajstić information content (AvgIpc) is 2.57. The zero-order chi connectivity index (χ0) is 17.0. The van der Waals surface area contributed by atoms with E-state index >= 15 is 0 Å². The minimum atomic E-state index is -0.374. The first kappa shape index (κ1) is 17.6. The molecule has 0 fully saturated rings. The molecule has 0 bridgehead atoms. The number of amides is 1. The van der Waals surface area contributed by atoms with E-state index < -0.39 is 0 Å². The van der Waals surface area contributed by atoms with Crippen molar-refractivity contribution in [2.75, 3.05) is 35.0 Å². The second-order valence-electron chi connectivity index (χ2n) is 5.52. The Balaban J connectivity index is 2.45. The molecular formula is C17H25NO5. The molecule has 6 nitrogen and oxygen atoms in total. The number of nitrogens with zero attached hydrogens (tertiary/aromatic N) is 1. The van der Waals surface area contributed by atoms with Crippen LogP contribution in [0.1, 0.15) is 30.5 Å². The lowest BCUT2D eigenvalue weighted by atomic mass is 9.89. The highest BCUT2D eigenvalue weighted by Crippen LogP contribution is 2.40. The zero-order valence-electron chi connectivity index (χ0n) is 14.4. The van der Waals surface area contributed by atoms with Crippen LogP contribution in [0.25, 0.3) is 0 Å². The van der Waals surface area contributed by atoms with Crippen LogP contribution in [0.15, 0.2) is 12.1 Å². The molecule has 0 aliphatic carbocycles. The Morgan fingerprint density at radius 2 is 1.78 bits per heavy atom. The largest absolute Gasteiger partial charge is 0.493 e. The third kappa shape index (κ3) is 3.59. The highest BCUT2D eigenvalue weighted by molar-refractivity contribution is 5.74. The topological polar surface area (TPSA) is 57.2 Å². The molecule has 1 atom stereocenters. The van der Waals surface area contributed by atoms with Crippen molar-refractivity contribution in [3.63, 3.8) is 0 Å². The first-order valence-electron chi connectivity index (χ1n) is 7.63. The van der Waals surface area contributed by atoms with Crippen molar-refractivity contribution in [2.45, 2.75) is 32.1 Å². The molecule has 0 radical (unpaired) electrons. The molecule has 2 rings (SSSR count). The Morgan fingerprint density at radius 1 is 1.17 bits per heavy atom. The minimum Gasteiger partial charge on any atom is -0.493 e. The lowest BCUT2D eigenvalue weighted by Crippen LogP contribution is -2.40. The molecule has 1 heterocycles. The van der Waals surface area contributed by atoms with E-state index in [2.05, 4.69) is 0 Å². The molecule has 1 aromatic rings. The maximum Gasteiger partial charge on any atom is 0.219 e. The van der Waals surface area contributed by atoms with Gasteiger partial charge in [0, 0.05) is 34.1 Å². The standard InChI is InChI=1S/C17H25NO5/c1-11(19)18-7-6-12-8-15(20-2)16(21-3)9-13(12)14(18)10-17(22-4)23-5/h8-9,14,17H,6-7,10H2,1-5H3. The quantitative estimate of drug-likeness (QED) is 0.751. The van der Waals surface area contributed by atoms with Gasteiger partial charge >= 0.3 is 0 Å². The Labute approximate surface area is 137 Å². The number of hydrogen-bond donors (Lipinski definition) is 0. The summed E-state index contributed by atoms with van der Waals surface area (Å²) >= 11 is 0. The van der Waals surface area contributed by atoms with Crippen molar-refractivity contribution in [3.8, 4) is 11.5 Å². The number of carbonyl (C=O) groups is 1. The molecule has 1 unspecified atom stereocenters. The molecule has 6 heteroatoms. The summed E-state index contributed by atoms with van der Waals surface area (Å²) in [5.74, 6) is 1.41. The van der Waals surface area contributed by atoms with Crippen LogP contribution in [0, 0.1) is 0 Å². The van der Waals surface area contributed by atoms with E-state index in [1.807, 2.05) is 17.0 Å². The smallest absolute Gasteiger partial charge is 0.219 e. The van der Waals surface area contributed by atoms with Gasteiger partial charge in [0.2, 0.25) is 5.91 Å². The van der Waals surface area contributed by atoms with Crippen molar-refractivity contribution in [1.82, 2.24) is 4.90 Å². The molecule has 0 spiro atoms. The summed E-state index contributed by atoms with van der Waals surface area (Å²) in [6, 6.07) is 3.84. The molecule has 0 saturated heterocycles. The molecule has 1 aliphatic heterocycles. The summed E-state index contributed by atoms with van der Waals surface area (Å²) < 4.78 is 21.5. The maximum absolute atomic E-state index is 12.0. The van der Waals surface area contributed by atoms with Crippen molar-refractivity contribution in [2.24, 2.45) is 0 Å². The number of benzene rings is 1. The Kier molecular flexibility index (Phi) is 5.85. The SMILES string of the molecule is COc1cc2c(cc1OC)C(CC(OC)OC)N(C(C)=O)CC2. The van der Waals surface area contributed by atoms with Crippen molar-refractivity contribution in [3.05, 3.63) is 23.3 Å². The molecular weight excluding hydrogens is 298 g/mol. The van der Waals surface area contributed by atoms with Gasteiger partial charge in [-0.1, -0.05) is 0 Å². The number of ether oxygens (including phenoxy) is 4. The van der Waals surface area contributed by atoms with E-state index in [0.29, 0.717) is 24.5 Å². The van der Waals surface area contributed by atoms with Crippen LogP contribution in [0.4, 0.5) is 0 Å². The first-order chi connectivity index (χ1) is 11.0. The highest BCUT2D eigenvalue weighted by atomic mass is 16.7. The average molecular weight is 323 g/mol. The van der Waals surface area contributed by atoms with Gasteiger partial charge in [0.05, 0.1) is 20.3 Å². The van der Waals surface area contributed by atoms with E-state index in [-0.39, 0.29) is 18.2 Å². The van der Waals surface area contributed by atoms with E-state index in [9.17, 15) is 4.79 Å². The van der Waals surface area contributed by atoms with E-state index in [4.69, 9.17) is 18.9 Å². The second-order valence-corrected chi connectivity index (χ2v) is 5.52. The molecule has 1 amide bonds. The third-order valence-corrected chi connectivity index (χ3v) is 4.35. The van der Waals surface area contributed by atoms with Crippen LogP contribution in [-0.4, -0.2) is 52.1 Å². The van der Waals surface area contributed by atoms with Gasteiger partial charge in [-0.15, -0.1) is 0 Å². The third-order valence-electron chi connectivity index (χ3n) is 4.35. The van der Waals surface area contributed by atoms with Crippen LogP contribution in [-0.2, 0) is 20.7 Å². The molecule has 1 aliphatic rings. The fraction of sp³-hybridized carbons (Fsp3) is 0.588. The summed E-state index contributed by atoms with van der Waals surface area (Å²) in [5.41, 5.74) is 2.22. The van der Waals surface area contributed by atoms with Gasteiger partial charge in [-0.2, -0.15) is 0 Å². The zero-order valence-corrected chi connectivity index (χ0v) is 14.4. The Hall–Kier alpha value is -1.79. The molecule has 128 valence electrons. The summed E-state index contributed by atoms with van der Waals surface area (Å²) in [4.78, 5) is 13.9. The monoisotopic (exact) mass is 323 g/mol. The van der Waals surface area contributed by atoms with Gasteiger partial charge in [-0.3, -0.25) is 4.79 Å². The maximum atomic E-state index is 12.0. The second kappa shape index (κ2) is 7.66. The number of methoxy groups -OCH3 is 4. The fourth-order valence-corrected chi connectivity index (χ4v) is 3.13. The summed E-state index contributed by atoms with van der Waals surface area (Å²) in [6.07, 6.45) is 0.978. The highest BCUT2D eigenvalue weighted by Gasteiger charge is 2.32. The van der Waals surface area contributed by atoms with Crippen molar-refractivity contribution >= 4 is 5.91 Å². The van der Waals surface area contributed by atoms with E-state index in [1.54, 1.807) is 35.4 Å². The fourth-order valence-electron chi connectivity index (χ4n) is 3.13. The van der Waals surface area contributed by atoms with Crippen molar-refractivity contribution in [1.29, 1.82) is 0 Å². The first-order valence-corrected chi connectivity index (χ1v) is 7.63. The number of fused-ring (bicyclic) bond motifs is 1. The summed E-state index contributed by atoms with van der Waals surface area (Å²) in [5, 5.41) is 0. The summed E-state index contributed by atoms with van der Waals surface area (Å²) in [6.45, 7) is 2.26. The van der Waals surface area contributed by atoms with Gasteiger partial charge in [-0.05, 0) is 29.7 Å². The molecule has 0 aromatic heterocycles. The molecule has 1 aromatic carbocycles. The van der Waals surface area contributed by atoms with Crippen LogP contribution in [0.3, 0.4) is 0 Å². The Bertz CT molecular complexity index is 556. The lowest BCUT2D eigenvalue weighted by Gasteiger charge is -2.38.